The fourth-order valence-electron chi connectivity index (χ4n) is 0.265. The van der Waals surface area contributed by atoms with Crippen LogP contribution < -0.4 is 0 Å². The molecule has 0 aliphatic carbocycles. The van der Waals surface area contributed by atoms with Crippen molar-refractivity contribution in [1.82, 2.24) is 0 Å². The predicted molar refractivity (Wildman–Crippen MR) is 92.5 cm³/mol. The summed E-state index contributed by atoms with van der Waals surface area (Å²) in [6.07, 6.45) is 0. The first-order chi connectivity index (χ1) is 8.71. The standard InChI is InChI=1S/2C4H10N.2C4H9N.Mo/c4*1-4(2,3)5;/h2*5H,1-3H3;2*1-3H3;/q2*-1;;;+2. The number of nitrogens with one attached hydrogen (secondary N) is 2. The van der Waals surface area contributed by atoms with E-state index in [1.165, 1.54) is 0 Å². The molecule has 0 aromatic heterocycles. The summed E-state index contributed by atoms with van der Waals surface area (Å²) in [5.41, 5.74) is 13.6. The van der Waals surface area contributed by atoms with E-state index in [4.69, 9.17) is 11.5 Å². The van der Waals surface area contributed by atoms with Gasteiger partial charge in [0, 0.05) is 0 Å². The molecular weight excluding hydrogens is 344 g/mol. The van der Waals surface area contributed by atoms with Crippen molar-refractivity contribution in [3.8, 4) is 0 Å². The Hall–Kier alpha value is 0.208. The molecule has 0 saturated carbocycles. The molecule has 0 rings (SSSR count). The van der Waals surface area contributed by atoms with E-state index in [-0.39, 0.29) is 22.2 Å². The molecule has 0 aromatic carbocycles. The molecule has 0 bridgehead atoms. The van der Waals surface area contributed by atoms with E-state index >= 15 is 0 Å². The van der Waals surface area contributed by atoms with Crippen molar-refractivity contribution in [2.75, 3.05) is 0 Å². The molecule has 2 N–H and O–H groups in total. The Labute approximate surface area is 142 Å². The normalized spacial score (nSPS) is 12.1. The summed E-state index contributed by atoms with van der Waals surface area (Å²) >= 11 is -0.473. The van der Waals surface area contributed by atoms with E-state index < -0.39 is 18.2 Å². The van der Waals surface area contributed by atoms with Crippen LogP contribution in [0, 0.1) is 0 Å². The molecule has 0 radical (unpaired) electrons. The van der Waals surface area contributed by atoms with E-state index in [1.807, 2.05) is 41.5 Å². The summed E-state index contributed by atoms with van der Waals surface area (Å²) in [5, 5.41) is 0. The Bertz CT molecular complexity index is 274. The maximum atomic E-state index is 6.94. The summed E-state index contributed by atoms with van der Waals surface area (Å²) < 4.78 is 9.01. The third-order valence-corrected chi connectivity index (χ3v) is 3.72. The topological polar surface area (TPSA) is 72.3 Å². The van der Waals surface area contributed by atoms with Crippen LogP contribution in [-0.4, -0.2) is 22.2 Å². The van der Waals surface area contributed by atoms with Crippen LogP contribution in [0.5, 0.6) is 0 Å². The molecule has 0 aliphatic rings. The molecule has 0 atom stereocenters. The monoisotopic (exact) mass is 384 g/mol. The fraction of sp³-hybridized carbons (Fsp3) is 1.00. The number of nitrogens with zero attached hydrogens (tertiary/aromatic N) is 2. The second-order valence-electron chi connectivity index (χ2n) is 9.11. The van der Waals surface area contributed by atoms with Crippen molar-refractivity contribution in [1.29, 1.82) is 0 Å². The molecule has 0 unspecified atom stereocenters. The molecule has 0 saturated heterocycles. The number of hydrogen-bond donors (Lipinski definition) is 0. The Morgan fingerprint density at radius 1 is 0.524 bits per heavy atom. The second-order valence-corrected chi connectivity index (χ2v) is 10.4. The molecule has 0 fully saturated rings. The first kappa shape index (κ1) is 26.1. The van der Waals surface area contributed by atoms with E-state index in [1.54, 1.807) is 0 Å². The minimum absolute atomic E-state index is 0.108. The molecule has 0 heterocycles. The van der Waals surface area contributed by atoms with Gasteiger partial charge < -0.3 is 11.5 Å². The van der Waals surface area contributed by atoms with Gasteiger partial charge in [0.15, 0.2) is 0 Å². The van der Waals surface area contributed by atoms with E-state index in [2.05, 4.69) is 48.5 Å². The Morgan fingerprint density at radius 3 is 0.762 bits per heavy atom. The van der Waals surface area contributed by atoms with Gasteiger partial charge in [0.05, 0.1) is 0 Å². The molecular formula is C16H38MoN4. The zero-order valence-electron chi connectivity index (χ0n) is 16.3. The maximum absolute atomic E-state index is 6.94. The van der Waals surface area contributed by atoms with Gasteiger partial charge >= 0.3 is 77.8 Å². The van der Waals surface area contributed by atoms with Crippen molar-refractivity contribution in [2.24, 2.45) is 6.99 Å². The molecule has 128 valence electrons. The molecule has 4 nitrogen and oxygen atoms in total. The van der Waals surface area contributed by atoms with Crippen LogP contribution in [0.2, 0.25) is 0 Å². The van der Waals surface area contributed by atoms with Crippen LogP contribution >= 0.6 is 0 Å². The zero-order chi connectivity index (χ0) is 18.1. The molecule has 5 heteroatoms. The fourth-order valence-corrected chi connectivity index (χ4v) is 1.57. The van der Waals surface area contributed by atoms with E-state index in [0.29, 0.717) is 0 Å². The average molecular weight is 382 g/mol. The van der Waals surface area contributed by atoms with E-state index in [9.17, 15) is 0 Å². The average Bonchev–Trinajstić information content (AvgIpc) is 1.89. The Kier molecular flexibility index (Phi) is 12.5. The predicted octanol–water partition coefficient (Wildman–Crippen LogP) is 6.71. The van der Waals surface area contributed by atoms with E-state index in [0.717, 1.165) is 0 Å². The molecule has 0 aliphatic heterocycles. The van der Waals surface area contributed by atoms with Gasteiger partial charge in [0.2, 0.25) is 0 Å². The second kappa shape index (κ2) is 10.1. The third kappa shape index (κ3) is 99.4. The molecule has 0 amide bonds. The summed E-state index contributed by atoms with van der Waals surface area (Å²) in [6.45, 7) is 23.9. The number of hydrogen-bond acceptors (Lipinski definition) is 2. The van der Waals surface area contributed by atoms with Gasteiger partial charge in [-0.3, -0.25) is 0 Å². The van der Waals surface area contributed by atoms with Gasteiger partial charge in [0.1, 0.15) is 0 Å². The van der Waals surface area contributed by atoms with Crippen LogP contribution in [0.25, 0.3) is 11.5 Å². The SMILES string of the molecule is CC(C)(C)[NH-].CC(C)(C)[NH-].CC(C)(C)[N]=[Mo+2]=[N]C(C)(C)C. The summed E-state index contributed by atoms with van der Waals surface area (Å²) in [4.78, 5) is 0. The van der Waals surface area contributed by atoms with Crippen molar-refractivity contribution >= 4 is 0 Å². The van der Waals surface area contributed by atoms with Crippen LogP contribution in [0.3, 0.4) is 0 Å². The van der Waals surface area contributed by atoms with Gasteiger partial charge in [-0.2, -0.15) is 0 Å². The van der Waals surface area contributed by atoms with Crippen LogP contribution in [0.1, 0.15) is 83.1 Å². The summed E-state index contributed by atoms with van der Waals surface area (Å²) in [6, 6.07) is 0. The summed E-state index contributed by atoms with van der Waals surface area (Å²) in [5.74, 6) is 0. The van der Waals surface area contributed by atoms with Gasteiger partial charge in [-0.25, -0.2) is 0 Å². The quantitative estimate of drug-likeness (QED) is 0.418. The minimum atomic E-state index is -0.473. The van der Waals surface area contributed by atoms with Crippen molar-refractivity contribution in [3.63, 3.8) is 0 Å². The third-order valence-electron chi connectivity index (χ3n) is 0.629. The van der Waals surface area contributed by atoms with Crippen molar-refractivity contribution in [3.05, 3.63) is 11.5 Å². The van der Waals surface area contributed by atoms with Crippen LogP contribution in [-0.2, 0) is 18.2 Å². The van der Waals surface area contributed by atoms with Crippen LogP contribution in [0.4, 0.5) is 0 Å². The van der Waals surface area contributed by atoms with Gasteiger partial charge in [0.25, 0.3) is 0 Å². The Balaban J connectivity index is -0.000000270. The van der Waals surface area contributed by atoms with Gasteiger partial charge in [-0.1, -0.05) is 41.5 Å². The van der Waals surface area contributed by atoms with Gasteiger partial charge in [-0.15, -0.1) is 11.1 Å². The van der Waals surface area contributed by atoms with Gasteiger partial charge in [-0.05, 0) is 0 Å². The van der Waals surface area contributed by atoms with Crippen molar-refractivity contribution < 1.29 is 18.2 Å². The summed E-state index contributed by atoms with van der Waals surface area (Å²) in [7, 11) is 0. The molecule has 21 heavy (non-hydrogen) atoms. The van der Waals surface area contributed by atoms with Crippen LogP contribution in [0.15, 0.2) is 6.99 Å². The Morgan fingerprint density at radius 2 is 0.667 bits per heavy atom. The first-order valence-corrected chi connectivity index (χ1v) is 9.11. The molecule has 0 aromatic rings. The first-order valence-electron chi connectivity index (χ1n) is 7.31. The molecule has 0 spiro atoms. The van der Waals surface area contributed by atoms with Crippen molar-refractivity contribution in [2.45, 2.75) is 105 Å². The zero-order valence-corrected chi connectivity index (χ0v) is 18.3. The number of rotatable bonds is 0.